The van der Waals surface area contributed by atoms with Crippen molar-refractivity contribution in [3.05, 3.63) is 23.3 Å². The van der Waals surface area contributed by atoms with Crippen molar-refractivity contribution in [2.24, 2.45) is 5.73 Å². The number of nitrogens with two attached hydrogens (primary N) is 1. The summed E-state index contributed by atoms with van der Waals surface area (Å²) >= 11 is 0. The monoisotopic (exact) mass is 229 g/mol. The molecular formula is C11H16ClNO2. The fourth-order valence-electron chi connectivity index (χ4n) is 2.07. The predicted octanol–water partition coefficient (Wildman–Crippen LogP) is 2.07. The number of halogens is 1. The summed E-state index contributed by atoms with van der Waals surface area (Å²) in [6, 6.07) is 4.11. The third-order valence-electron chi connectivity index (χ3n) is 2.79. The highest BCUT2D eigenvalue weighted by molar-refractivity contribution is 5.85. The fourth-order valence-corrected chi connectivity index (χ4v) is 2.07. The van der Waals surface area contributed by atoms with E-state index >= 15 is 0 Å². The van der Waals surface area contributed by atoms with Crippen LogP contribution in [0.2, 0.25) is 0 Å². The average molecular weight is 230 g/mol. The Morgan fingerprint density at radius 3 is 2.60 bits per heavy atom. The zero-order chi connectivity index (χ0) is 10.1. The quantitative estimate of drug-likeness (QED) is 0.845. The zero-order valence-corrected chi connectivity index (χ0v) is 9.76. The normalized spacial score (nSPS) is 17.9. The summed E-state index contributed by atoms with van der Waals surface area (Å²) in [6.07, 6.45) is 1.98. The topological polar surface area (TPSA) is 44.5 Å². The van der Waals surface area contributed by atoms with Crippen LogP contribution in [0.4, 0.5) is 0 Å². The summed E-state index contributed by atoms with van der Waals surface area (Å²) in [6.45, 7) is 0. The summed E-state index contributed by atoms with van der Waals surface area (Å²) in [5.41, 5.74) is 8.37. The van der Waals surface area contributed by atoms with Gasteiger partial charge in [0.15, 0.2) is 11.5 Å². The highest BCUT2D eigenvalue weighted by atomic mass is 35.5. The zero-order valence-electron chi connectivity index (χ0n) is 8.95. The van der Waals surface area contributed by atoms with Gasteiger partial charge in [0.05, 0.1) is 14.2 Å². The molecule has 1 aliphatic rings. The van der Waals surface area contributed by atoms with Crippen molar-refractivity contribution in [3.8, 4) is 11.5 Å². The number of hydrogen-bond donors (Lipinski definition) is 1. The van der Waals surface area contributed by atoms with Crippen LogP contribution in [0.5, 0.6) is 11.5 Å². The van der Waals surface area contributed by atoms with Gasteiger partial charge in [-0.05, 0) is 24.5 Å². The van der Waals surface area contributed by atoms with Gasteiger partial charge in [-0.2, -0.15) is 0 Å². The maximum atomic E-state index is 5.97. The van der Waals surface area contributed by atoms with E-state index in [2.05, 4.69) is 0 Å². The maximum Gasteiger partial charge on any atom is 0.164 e. The van der Waals surface area contributed by atoms with Crippen molar-refractivity contribution < 1.29 is 9.47 Å². The van der Waals surface area contributed by atoms with Crippen molar-refractivity contribution in [1.82, 2.24) is 0 Å². The Hall–Kier alpha value is -0.930. The number of methoxy groups -OCH3 is 2. The van der Waals surface area contributed by atoms with Crippen LogP contribution in [0.15, 0.2) is 12.1 Å². The molecule has 0 spiro atoms. The van der Waals surface area contributed by atoms with Gasteiger partial charge in [-0.25, -0.2) is 0 Å². The van der Waals surface area contributed by atoms with Gasteiger partial charge >= 0.3 is 0 Å². The first-order valence-corrected chi connectivity index (χ1v) is 4.77. The molecule has 0 aliphatic heterocycles. The second-order valence-electron chi connectivity index (χ2n) is 3.51. The minimum absolute atomic E-state index is 0. The first kappa shape index (κ1) is 12.1. The molecule has 1 aromatic rings. The lowest BCUT2D eigenvalue weighted by atomic mass is 10.1. The van der Waals surface area contributed by atoms with E-state index in [1.54, 1.807) is 14.2 Å². The van der Waals surface area contributed by atoms with Crippen LogP contribution in [0.1, 0.15) is 23.6 Å². The first-order chi connectivity index (χ1) is 6.77. The Morgan fingerprint density at radius 2 is 2.00 bits per heavy atom. The van der Waals surface area contributed by atoms with Crippen molar-refractivity contribution >= 4 is 12.4 Å². The van der Waals surface area contributed by atoms with Crippen molar-refractivity contribution in [2.75, 3.05) is 14.2 Å². The molecule has 0 heterocycles. The van der Waals surface area contributed by atoms with Gasteiger partial charge in [0.1, 0.15) is 0 Å². The lowest BCUT2D eigenvalue weighted by Crippen LogP contribution is -2.05. The number of rotatable bonds is 2. The maximum absolute atomic E-state index is 5.97. The SMILES string of the molecule is COc1ccc2c(c1OC)CC[C@@H]2N.Cl. The Morgan fingerprint density at radius 1 is 1.27 bits per heavy atom. The van der Waals surface area contributed by atoms with Crippen LogP contribution >= 0.6 is 12.4 Å². The molecule has 2 rings (SSSR count). The predicted molar refractivity (Wildman–Crippen MR) is 62.0 cm³/mol. The number of ether oxygens (including phenoxy) is 2. The fraction of sp³-hybridized carbons (Fsp3) is 0.455. The highest BCUT2D eigenvalue weighted by Gasteiger charge is 2.24. The van der Waals surface area contributed by atoms with Gasteiger partial charge in [-0.15, -0.1) is 12.4 Å². The van der Waals surface area contributed by atoms with Crippen molar-refractivity contribution in [1.29, 1.82) is 0 Å². The van der Waals surface area contributed by atoms with E-state index in [1.165, 1.54) is 11.1 Å². The number of benzene rings is 1. The minimum atomic E-state index is 0. The van der Waals surface area contributed by atoms with Gasteiger partial charge in [-0.1, -0.05) is 6.07 Å². The standard InChI is InChI=1S/C11H15NO2.ClH/c1-13-10-6-4-7-8(11(10)14-2)3-5-9(7)12;/h4,6,9H,3,5,12H2,1-2H3;1H/t9-;/m0./s1. The van der Waals surface area contributed by atoms with E-state index < -0.39 is 0 Å². The van der Waals surface area contributed by atoms with E-state index in [0.717, 1.165) is 24.3 Å². The molecule has 0 aromatic heterocycles. The van der Waals surface area contributed by atoms with Crippen LogP contribution in [0.3, 0.4) is 0 Å². The number of fused-ring (bicyclic) bond motifs is 1. The molecule has 2 N–H and O–H groups in total. The third kappa shape index (κ3) is 1.90. The molecule has 1 aromatic carbocycles. The highest BCUT2D eigenvalue weighted by Crippen LogP contribution is 2.41. The van der Waals surface area contributed by atoms with Gasteiger partial charge in [-0.3, -0.25) is 0 Å². The Kier molecular flexibility index (Phi) is 3.83. The van der Waals surface area contributed by atoms with E-state index in [4.69, 9.17) is 15.2 Å². The van der Waals surface area contributed by atoms with E-state index in [-0.39, 0.29) is 18.4 Å². The van der Waals surface area contributed by atoms with Crippen molar-refractivity contribution in [2.45, 2.75) is 18.9 Å². The average Bonchev–Trinajstić information content (AvgIpc) is 2.59. The van der Waals surface area contributed by atoms with Crippen LogP contribution in [-0.2, 0) is 6.42 Å². The molecule has 0 amide bonds. The molecule has 1 atom stereocenters. The molecule has 1 aliphatic carbocycles. The van der Waals surface area contributed by atoms with Crippen LogP contribution in [0, 0.1) is 0 Å². The summed E-state index contributed by atoms with van der Waals surface area (Å²) in [7, 11) is 3.32. The van der Waals surface area contributed by atoms with E-state index in [1.807, 2.05) is 12.1 Å². The largest absolute Gasteiger partial charge is 0.493 e. The molecule has 3 nitrogen and oxygen atoms in total. The Balaban J connectivity index is 0.00000112. The summed E-state index contributed by atoms with van der Waals surface area (Å²) < 4.78 is 10.6. The van der Waals surface area contributed by atoms with Gasteiger partial charge < -0.3 is 15.2 Å². The summed E-state index contributed by atoms with van der Waals surface area (Å²) in [5.74, 6) is 1.64. The second kappa shape index (κ2) is 4.73. The molecule has 0 saturated carbocycles. The molecular weight excluding hydrogens is 214 g/mol. The van der Waals surface area contributed by atoms with E-state index in [9.17, 15) is 0 Å². The molecule has 0 bridgehead atoms. The van der Waals surface area contributed by atoms with Crippen molar-refractivity contribution in [3.63, 3.8) is 0 Å². The van der Waals surface area contributed by atoms with Crippen LogP contribution < -0.4 is 15.2 Å². The molecule has 84 valence electrons. The van der Waals surface area contributed by atoms with Gasteiger partial charge in [0, 0.05) is 11.6 Å². The Labute approximate surface area is 96.0 Å². The smallest absolute Gasteiger partial charge is 0.164 e. The first-order valence-electron chi connectivity index (χ1n) is 4.77. The molecule has 4 heteroatoms. The summed E-state index contributed by atoms with van der Waals surface area (Å²) in [5, 5.41) is 0. The molecule has 0 saturated heterocycles. The lowest BCUT2D eigenvalue weighted by molar-refractivity contribution is 0.352. The minimum Gasteiger partial charge on any atom is -0.493 e. The molecule has 0 fully saturated rings. The van der Waals surface area contributed by atoms with E-state index in [0.29, 0.717) is 0 Å². The second-order valence-corrected chi connectivity index (χ2v) is 3.51. The van der Waals surface area contributed by atoms with Crippen LogP contribution in [0.25, 0.3) is 0 Å². The molecule has 15 heavy (non-hydrogen) atoms. The summed E-state index contributed by atoms with van der Waals surface area (Å²) in [4.78, 5) is 0. The van der Waals surface area contributed by atoms with Crippen LogP contribution in [-0.4, -0.2) is 14.2 Å². The Bertz CT molecular complexity index is 355. The van der Waals surface area contributed by atoms with Gasteiger partial charge in [0.25, 0.3) is 0 Å². The third-order valence-corrected chi connectivity index (χ3v) is 2.79. The molecule has 0 radical (unpaired) electrons. The van der Waals surface area contributed by atoms with Gasteiger partial charge in [0.2, 0.25) is 0 Å². The lowest BCUT2D eigenvalue weighted by Gasteiger charge is -2.12. The number of hydrogen-bond acceptors (Lipinski definition) is 3. The molecule has 0 unspecified atom stereocenters.